The number of para-hydroxylation sites is 1. The topological polar surface area (TPSA) is 20.3 Å². The van der Waals surface area contributed by atoms with Gasteiger partial charge in [0.05, 0.1) is 5.69 Å². The number of aryl methyl sites for hydroxylation is 2. The molecule has 0 N–H and O–H groups in total. The number of halogens is 1. The van der Waals surface area contributed by atoms with E-state index in [9.17, 15) is 4.79 Å². The van der Waals surface area contributed by atoms with E-state index < -0.39 is 0 Å². The van der Waals surface area contributed by atoms with Crippen LogP contribution < -0.4 is 4.90 Å². The molecule has 0 aliphatic heterocycles. The summed E-state index contributed by atoms with van der Waals surface area (Å²) < 4.78 is 0. The number of carbonyl (C=O) groups is 1. The van der Waals surface area contributed by atoms with Crippen LogP contribution in [0.5, 0.6) is 0 Å². The van der Waals surface area contributed by atoms with Gasteiger partial charge in [-0.1, -0.05) is 58.2 Å². The molecule has 1 aromatic carbocycles. The van der Waals surface area contributed by atoms with E-state index in [4.69, 9.17) is 11.6 Å². The Hall–Kier alpha value is -1.02. The van der Waals surface area contributed by atoms with Crippen molar-refractivity contribution >= 4 is 23.2 Å². The summed E-state index contributed by atoms with van der Waals surface area (Å²) in [6, 6.07) is 6.33. The molecule has 0 spiro atoms. The van der Waals surface area contributed by atoms with E-state index in [-0.39, 0.29) is 11.8 Å². The molecular weight excluding hydrogens is 282 g/mol. The van der Waals surface area contributed by atoms with Crippen LogP contribution in [0.25, 0.3) is 0 Å². The summed E-state index contributed by atoms with van der Waals surface area (Å²) in [4.78, 5) is 14.2. The quantitative estimate of drug-likeness (QED) is 0.466. The number of rotatable bonds is 9. The maximum Gasteiger partial charge on any atom is 0.241 e. The van der Waals surface area contributed by atoms with Crippen molar-refractivity contribution in [2.75, 3.05) is 17.3 Å². The Kier molecular flexibility index (Phi) is 8.44. The zero-order valence-electron chi connectivity index (χ0n) is 13.6. The minimum absolute atomic E-state index is 0.0174. The zero-order chi connectivity index (χ0) is 15.7. The van der Waals surface area contributed by atoms with Gasteiger partial charge in [0, 0.05) is 6.54 Å². The number of hydrogen-bond acceptors (Lipinski definition) is 1. The predicted octanol–water partition coefficient (Wildman–Crippen LogP) is 4.96. The van der Waals surface area contributed by atoms with Crippen molar-refractivity contribution in [1.29, 1.82) is 0 Å². The van der Waals surface area contributed by atoms with E-state index in [1.807, 2.05) is 4.90 Å². The predicted molar refractivity (Wildman–Crippen MR) is 92.4 cm³/mol. The summed E-state index contributed by atoms with van der Waals surface area (Å²) >= 11 is 5.84. The SMILES string of the molecule is CCCCCCN(C(=O)CCl)c1c(CC)cccc1CC. The maximum atomic E-state index is 12.3. The van der Waals surface area contributed by atoms with Crippen LogP contribution in [0.15, 0.2) is 18.2 Å². The minimum Gasteiger partial charge on any atom is -0.311 e. The number of unbranched alkanes of at least 4 members (excludes halogenated alkanes) is 3. The second-order valence-corrected chi connectivity index (χ2v) is 5.64. The molecule has 0 fully saturated rings. The molecule has 1 amide bonds. The van der Waals surface area contributed by atoms with Crippen LogP contribution in [-0.4, -0.2) is 18.3 Å². The number of amides is 1. The van der Waals surface area contributed by atoms with E-state index in [1.165, 1.54) is 24.0 Å². The van der Waals surface area contributed by atoms with Gasteiger partial charge in [-0.05, 0) is 30.4 Å². The number of alkyl halides is 1. The lowest BCUT2D eigenvalue weighted by Gasteiger charge is -2.27. The molecule has 2 nitrogen and oxygen atoms in total. The summed E-state index contributed by atoms with van der Waals surface area (Å²) in [7, 11) is 0. The fourth-order valence-corrected chi connectivity index (χ4v) is 2.84. The van der Waals surface area contributed by atoms with Crippen molar-refractivity contribution in [2.45, 2.75) is 59.3 Å². The van der Waals surface area contributed by atoms with Gasteiger partial charge >= 0.3 is 0 Å². The normalized spacial score (nSPS) is 10.7. The first-order chi connectivity index (χ1) is 10.2. The highest BCUT2D eigenvalue weighted by molar-refractivity contribution is 6.29. The largest absolute Gasteiger partial charge is 0.311 e. The van der Waals surface area contributed by atoms with Gasteiger partial charge in [-0.3, -0.25) is 4.79 Å². The monoisotopic (exact) mass is 309 g/mol. The Bertz CT molecular complexity index is 423. The minimum atomic E-state index is 0.0174. The number of carbonyl (C=O) groups excluding carboxylic acids is 1. The van der Waals surface area contributed by atoms with Crippen molar-refractivity contribution in [3.8, 4) is 0 Å². The van der Waals surface area contributed by atoms with Crippen LogP contribution in [0.2, 0.25) is 0 Å². The molecule has 0 heterocycles. The Morgan fingerprint density at radius 2 is 1.67 bits per heavy atom. The summed E-state index contributed by atoms with van der Waals surface area (Å²) in [5.74, 6) is 0.0680. The van der Waals surface area contributed by atoms with E-state index in [2.05, 4.69) is 39.0 Å². The average Bonchev–Trinajstić information content (AvgIpc) is 2.53. The van der Waals surface area contributed by atoms with Gasteiger partial charge in [0.15, 0.2) is 0 Å². The summed E-state index contributed by atoms with van der Waals surface area (Å²) in [6.07, 6.45) is 6.50. The highest BCUT2D eigenvalue weighted by Crippen LogP contribution is 2.28. The zero-order valence-corrected chi connectivity index (χ0v) is 14.4. The fraction of sp³-hybridized carbons (Fsp3) is 0.611. The smallest absolute Gasteiger partial charge is 0.241 e. The summed E-state index contributed by atoms with van der Waals surface area (Å²) in [5.41, 5.74) is 3.58. The highest BCUT2D eigenvalue weighted by atomic mass is 35.5. The van der Waals surface area contributed by atoms with Gasteiger partial charge in [0.2, 0.25) is 5.91 Å². The Morgan fingerprint density at radius 3 is 2.14 bits per heavy atom. The first-order valence-electron chi connectivity index (χ1n) is 8.16. The third kappa shape index (κ3) is 5.03. The lowest BCUT2D eigenvalue weighted by molar-refractivity contribution is -0.116. The second-order valence-electron chi connectivity index (χ2n) is 5.37. The van der Waals surface area contributed by atoms with Crippen LogP contribution >= 0.6 is 11.6 Å². The summed E-state index contributed by atoms with van der Waals surface area (Å²) in [5, 5.41) is 0. The van der Waals surface area contributed by atoms with Crippen molar-refractivity contribution in [2.24, 2.45) is 0 Å². The molecule has 0 aromatic heterocycles. The van der Waals surface area contributed by atoms with Crippen molar-refractivity contribution in [1.82, 2.24) is 0 Å². The van der Waals surface area contributed by atoms with Gasteiger partial charge in [0.1, 0.15) is 5.88 Å². The molecule has 0 unspecified atom stereocenters. The van der Waals surface area contributed by atoms with Crippen LogP contribution in [-0.2, 0) is 17.6 Å². The van der Waals surface area contributed by atoms with Gasteiger partial charge < -0.3 is 4.90 Å². The Labute approximate surface area is 134 Å². The molecule has 21 heavy (non-hydrogen) atoms. The van der Waals surface area contributed by atoms with Crippen LogP contribution in [0, 0.1) is 0 Å². The van der Waals surface area contributed by atoms with Gasteiger partial charge in [0.25, 0.3) is 0 Å². The second kappa shape index (κ2) is 9.83. The first-order valence-corrected chi connectivity index (χ1v) is 8.70. The third-order valence-corrected chi connectivity index (χ3v) is 4.11. The molecule has 0 saturated carbocycles. The molecule has 0 aliphatic rings. The van der Waals surface area contributed by atoms with Crippen LogP contribution in [0.3, 0.4) is 0 Å². The molecule has 1 aromatic rings. The van der Waals surface area contributed by atoms with E-state index in [0.717, 1.165) is 37.9 Å². The number of benzene rings is 1. The number of nitrogens with zero attached hydrogens (tertiary/aromatic N) is 1. The van der Waals surface area contributed by atoms with Crippen molar-refractivity contribution in [3.63, 3.8) is 0 Å². The molecule has 0 radical (unpaired) electrons. The fourth-order valence-electron chi connectivity index (χ4n) is 2.69. The van der Waals surface area contributed by atoms with Crippen molar-refractivity contribution in [3.05, 3.63) is 29.3 Å². The van der Waals surface area contributed by atoms with Crippen LogP contribution in [0.1, 0.15) is 57.6 Å². The molecule has 0 saturated heterocycles. The van der Waals surface area contributed by atoms with Crippen LogP contribution in [0.4, 0.5) is 5.69 Å². The standard InChI is InChI=1S/C18H28ClNO/c1-4-7-8-9-13-20(17(21)14-19)18-15(5-2)11-10-12-16(18)6-3/h10-12H,4-9,13-14H2,1-3H3. The van der Waals surface area contributed by atoms with E-state index >= 15 is 0 Å². The lowest BCUT2D eigenvalue weighted by Crippen LogP contribution is -2.34. The molecular formula is C18H28ClNO. The first kappa shape index (κ1) is 18.0. The number of hydrogen-bond donors (Lipinski definition) is 0. The average molecular weight is 310 g/mol. The molecule has 118 valence electrons. The van der Waals surface area contributed by atoms with Crippen molar-refractivity contribution < 1.29 is 4.79 Å². The molecule has 0 bridgehead atoms. The van der Waals surface area contributed by atoms with Gasteiger partial charge in [-0.2, -0.15) is 0 Å². The summed E-state index contributed by atoms with van der Waals surface area (Å²) in [6.45, 7) is 7.25. The van der Waals surface area contributed by atoms with E-state index in [1.54, 1.807) is 0 Å². The third-order valence-electron chi connectivity index (χ3n) is 3.89. The molecule has 3 heteroatoms. The number of anilines is 1. The van der Waals surface area contributed by atoms with Gasteiger partial charge in [-0.25, -0.2) is 0 Å². The Balaban J connectivity index is 3.04. The highest BCUT2D eigenvalue weighted by Gasteiger charge is 2.19. The molecule has 0 aliphatic carbocycles. The Morgan fingerprint density at radius 1 is 1.05 bits per heavy atom. The van der Waals surface area contributed by atoms with Gasteiger partial charge in [-0.15, -0.1) is 11.6 Å². The molecule has 0 atom stereocenters. The maximum absolute atomic E-state index is 12.3. The lowest BCUT2D eigenvalue weighted by atomic mass is 10.0. The molecule has 1 rings (SSSR count). The van der Waals surface area contributed by atoms with E-state index in [0.29, 0.717) is 0 Å².